The second-order valence-corrected chi connectivity index (χ2v) is 3.34. The minimum absolute atomic E-state index is 0.108. The van der Waals surface area contributed by atoms with Crippen molar-refractivity contribution in [2.45, 2.75) is 13.3 Å². The van der Waals surface area contributed by atoms with E-state index in [9.17, 15) is 4.79 Å². The first kappa shape index (κ1) is 9.77. The fourth-order valence-corrected chi connectivity index (χ4v) is 1.04. The fourth-order valence-electron chi connectivity index (χ4n) is 1.04. The number of aryl methyl sites for hydroxylation is 1. The number of aromatic nitrogens is 2. The summed E-state index contributed by atoms with van der Waals surface area (Å²) in [4.78, 5) is 13.0. The largest absolute Gasteiger partial charge is 0.349 e. The average molecular weight is 181 g/mol. The molecule has 1 aromatic heterocycles. The molecule has 0 aliphatic rings. The molecule has 1 amide bonds. The van der Waals surface area contributed by atoms with Gasteiger partial charge >= 0.3 is 0 Å². The zero-order valence-electron chi connectivity index (χ0n) is 8.53. The van der Waals surface area contributed by atoms with Crippen molar-refractivity contribution in [2.24, 2.45) is 7.05 Å². The van der Waals surface area contributed by atoms with E-state index in [1.54, 1.807) is 29.9 Å². The third-order valence-corrected chi connectivity index (χ3v) is 2.18. The van der Waals surface area contributed by atoms with Gasteiger partial charge in [-0.3, -0.25) is 9.48 Å². The molecule has 0 spiro atoms. The smallest absolute Gasteiger partial charge is 0.226 e. The third kappa shape index (κ3) is 2.08. The lowest BCUT2D eigenvalue weighted by molar-refractivity contribution is -0.127. The second kappa shape index (κ2) is 3.60. The number of hydrogen-bond acceptors (Lipinski definition) is 2. The molecule has 72 valence electrons. The van der Waals surface area contributed by atoms with Crippen LogP contribution in [0.3, 0.4) is 0 Å². The molecule has 0 saturated carbocycles. The van der Waals surface area contributed by atoms with Crippen LogP contribution in [0.1, 0.15) is 11.3 Å². The van der Waals surface area contributed by atoms with Gasteiger partial charge in [-0.2, -0.15) is 5.10 Å². The maximum absolute atomic E-state index is 11.4. The Hall–Kier alpha value is -1.32. The maximum atomic E-state index is 11.4. The lowest BCUT2D eigenvalue weighted by Crippen LogP contribution is -2.23. The topological polar surface area (TPSA) is 38.1 Å². The van der Waals surface area contributed by atoms with Gasteiger partial charge < -0.3 is 4.90 Å². The van der Waals surface area contributed by atoms with E-state index in [2.05, 4.69) is 5.10 Å². The number of hydrogen-bond donors (Lipinski definition) is 0. The van der Waals surface area contributed by atoms with E-state index < -0.39 is 0 Å². The summed E-state index contributed by atoms with van der Waals surface area (Å²) in [5.41, 5.74) is 2.05. The van der Waals surface area contributed by atoms with E-state index in [0.29, 0.717) is 6.42 Å². The van der Waals surface area contributed by atoms with Crippen LogP contribution in [-0.4, -0.2) is 34.7 Å². The van der Waals surface area contributed by atoms with Crippen LogP contribution < -0.4 is 0 Å². The Bertz CT molecular complexity index is 315. The number of nitrogens with zero attached hydrogens (tertiary/aromatic N) is 3. The lowest BCUT2D eigenvalue weighted by Gasteiger charge is -2.09. The van der Waals surface area contributed by atoms with E-state index >= 15 is 0 Å². The van der Waals surface area contributed by atoms with Crippen molar-refractivity contribution < 1.29 is 4.79 Å². The summed E-state index contributed by atoms with van der Waals surface area (Å²) in [6, 6.07) is 0. The first-order valence-corrected chi connectivity index (χ1v) is 4.20. The monoisotopic (exact) mass is 181 g/mol. The Balaban J connectivity index is 2.75. The Kier molecular flexibility index (Phi) is 2.70. The molecule has 1 aromatic rings. The van der Waals surface area contributed by atoms with Crippen LogP contribution in [0.15, 0.2) is 6.20 Å². The zero-order chi connectivity index (χ0) is 10.0. The number of likely N-dealkylation sites (N-methyl/N-ethyl adjacent to an activating group) is 1. The Morgan fingerprint density at radius 2 is 2.23 bits per heavy atom. The molecule has 0 bridgehead atoms. The van der Waals surface area contributed by atoms with Gasteiger partial charge in [0.1, 0.15) is 0 Å². The van der Waals surface area contributed by atoms with Crippen molar-refractivity contribution in [1.29, 1.82) is 0 Å². The van der Waals surface area contributed by atoms with E-state index in [-0.39, 0.29) is 5.91 Å². The van der Waals surface area contributed by atoms with E-state index in [1.807, 2.05) is 14.0 Å². The van der Waals surface area contributed by atoms with E-state index in [0.717, 1.165) is 11.3 Å². The molecule has 0 N–H and O–H groups in total. The average Bonchev–Trinajstić information content (AvgIpc) is 2.36. The van der Waals surface area contributed by atoms with Crippen LogP contribution in [0.25, 0.3) is 0 Å². The molecule has 0 radical (unpaired) electrons. The third-order valence-electron chi connectivity index (χ3n) is 2.18. The van der Waals surface area contributed by atoms with Crippen molar-refractivity contribution in [2.75, 3.05) is 14.1 Å². The van der Waals surface area contributed by atoms with E-state index in [1.165, 1.54) is 0 Å². The summed E-state index contributed by atoms with van der Waals surface area (Å²) >= 11 is 0. The van der Waals surface area contributed by atoms with Gasteiger partial charge in [-0.1, -0.05) is 0 Å². The van der Waals surface area contributed by atoms with Gasteiger partial charge in [-0.05, 0) is 6.92 Å². The molecule has 13 heavy (non-hydrogen) atoms. The van der Waals surface area contributed by atoms with Crippen LogP contribution in [0.5, 0.6) is 0 Å². The lowest BCUT2D eigenvalue weighted by atomic mass is 10.2. The maximum Gasteiger partial charge on any atom is 0.226 e. The summed E-state index contributed by atoms with van der Waals surface area (Å²) in [6.07, 6.45) is 2.18. The van der Waals surface area contributed by atoms with Crippen molar-refractivity contribution in [1.82, 2.24) is 14.7 Å². The van der Waals surface area contributed by atoms with Gasteiger partial charge in [0.05, 0.1) is 12.6 Å². The molecule has 0 aliphatic carbocycles. The van der Waals surface area contributed by atoms with Crippen LogP contribution in [0.4, 0.5) is 0 Å². The van der Waals surface area contributed by atoms with Crippen molar-refractivity contribution in [3.63, 3.8) is 0 Å². The Labute approximate surface area is 78.1 Å². The number of carbonyl (C=O) groups excluding carboxylic acids is 1. The molecule has 4 nitrogen and oxygen atoms in total. The van der Waals surface area contributed by atoms with Crippen LogP contribution >= 0.6 is 0 Å². The SMILES string of the molecule is Cc1c(CC(=O)N(C)C)cnn1C. The molecular formula is C9H15N3O. The molecule has 0 atom stereocenters. The predicted octanol–water partition coefficient (Wildman–Crippen LogP) is 0.359. The van der Waals surface area contributed by atoms with Crippen molar-refractivity contribution in [3.8, 4) is 0 Å². The first-order valence-electron chi connectivity index (χ1n) is 4.20. The summed E-state index contributed by atoms with van der Waals surface area (Å²) in [7, 11) is 5.39. The van der Waals surface area contributed by atoms with Crippen LogP contribution in [0, 0.1) is 6.92 Å². The van der Waals surface area contributed by atoms with Crippen molar-refractivity contribution >= 4 is 5.91 Å². The molecular weight excluding hydrogens is 166 g/mol. The van der Waals surface area contributed by atoms with Crippen LogP contribution in [0.2, 0.25) is 0 Å². The molecule has 1 rings (SSSR count). The predicted molar refractivity (Wildman–Crippen MR) is 50.3 cm³/mol. The summed E-state index contributed by atoms with van der Waals surface area (Å²) in [6.45, 7) is 1.96. The van der Waals surface area contributed by atoms with Gasteiger partial charge in [0.2, 0.25) is 5.91 Å². The molecule has 0 aliphatic heterocycles. The molecule has 1 heterocycles. The van der Waals surface area contributed by atoms with Crippen molar-refractivity contribution in [3.05, 3.63) is 17.5 Å². The zero-order valence-corrected chi connectivity index (χ0v) is 8.53. The van der Waals surface area contributed by atoms with Gasteiger partial charge in [-0.25, -0.2) is 0 Å². The second-order valence-electron chi connectivity index (χ2n) is 3.34. The molecule has 0 aromatic carbocycles. The number of carbonyl (C=O) groups is 1. The van der Waals surface area contributed by atoms with Crippen LogP contribution in [-0.2, 0) is 18.3 Å². The minimum atomic E-state index is 0.108. The van der Waals surface area contributed by atoms with Gasteiger partial charge in [0.25, 0.3) is 0 Å². The first-order chi connectivity index (χ1) is 6.02. The highest BCUT2D eigenvalue weighted by Gasteiger charge is 2.10. The number of amides is 1. The van der Waals surface area contributed by atoms with E-state index in [4.69, 9.17) is 0 Å². The highest BCUT2D eigenvalue weighted by atomic mass is 16.2. The van der Waals surface area contributed by atoms with Gasteiger partial charge in [0, 0.05) is 32.4 Å². The molecule has 0 saturated heterocycles. The quantitative estimate of drug-likeness (QED) is 0.660. The fraction of sp³-hybridized carbons (Fsp3) is 0.556. The minimum Gasteiger partial charge on any atom is -0.349 e. The summed E-state index contributed by atoms with van der Waals surface area (Å²) < 4.78 is 1.78. The molecule has 4 heteroatoms. The van der Waals surface area contributed by atoms with Gasteiger partial charge in [0.15, 0.2) is 0 Å². The normalized spacial score (nSPS) is 10.2. The highest BCUT2D eigenvalue weighted by Crippen LogP contribution is 2.06. The molecule has 0 unspecified atom stereocenters. The Morgan fingerprint density at radius 3 is 2.62 bits per heavy atom. The standard InChI is InChI=1S/C9H15N3O/c1-7-8(6-10-12(7)4)5-9(13)11(2)3/h6H,5H2,1-4H3. The summed E-state index contributed by atoms with van der Waals surface area (Å²) in [5, 5.41) is 4.07. The summed E-state index contributed by atoms with van der Waals surface area (Å²) in [5.74, 6) is 0.108. The Morgan fingerprint density at radius 1 is 1.62 bits per heavy atom. The molecule has 0 fully saturated rings. The highest BCUT2D eigenvalue weighted by molar-refractivity contribution is 5.78. The van der Waals surface area contributed by atoms with Gasteiger partial charge in [-0.15, -0.1) is 0 Å². The number of rotatable bonds is 2.